The first-order valence-corrected chi connectivity index (χ1v) is 8.55. The molecule has 138 valence electrons. The zero-order valence-corrected chi connectivity index (χ0v) is 15.4. The van der Waals surface area contributed by atoms with Crippen LogP contribution in [-0.2, 0) is 14.3 Å². The first kappa shape index (κ1) is 18.7. The van der Waals surface area contributed by atoms with Crippen LogP contribution in [0, 0.1) is 0 Å². The highest BCUT2D eigenvalue weighted by Crippen LogP contribution is 2.30. The topological polar surface area (TPSA) is 74.2 Å². The summed E-state index contributed by atoms with van der Waals surface area (Å²) < 4.78 is 15.7. The Morgan fingerprint density at radius 3 is 2.74 bits per heavy atom. The molecule has 0 fully saturated rings. The largest absolute Gasteiger partial charge is 0.493 e. The summed E-state index contributed by atoms with van der Waals surface area (Å²) in [6.45, 7) is 1.70. The first-order valence-electron chi connectivity index (χ1n) is 8.17. The summed E-state index contributed by atoms with van der Waals surface area (Å²) in [6, 6.07) is 11.8. The van der Waals surface area contributed by atoms with Crippen molar-refractivity contribution in [3.05, 3.63) is 64.3 Å². The molecule has 0 aromatic heterocycles. The average molecular weight is 386 g/mol. The van der Waals surface area contributed by atoms with Crippen LogP contribution >= 0.6 is 11.6 Å². The lowest BCUT2D eigenvalue weighted by atomic mass is 10.1. The van der Waals surface area contributed by atoms with Crippen LogP contribution in [0.4, 0.5) is 0 Å². The lowest BCUT2D eigenvalue weighted by Crippen LogP contribution is -2.07. The quantitative estimate of drug-likeness (QED) is 0.441. The second kappa shape index (κ2) is 8.05. The molecule has 1 heterocycles. The van der Waals surface area contributed by atoms with Gasteiger partial charge < -0.3 is 14.2 Å². The van der Waals surface area contributed by atoms with Crippen molar-refractivity contribution in [2.24, 2.45) is 4.99 Å². The number of hydrogen-bond acceptors (Lipinski definition) is 6. The van der Waals surface area contributed by atoms with Crippen LogP contribution in [0.15, 0.2) is 53.2 Å². The van der Waals surface area contributed by atoms with E-state index in [4.69, 9.17) is 25.8 Å². The lowest BCUT2D eigenvalue weighted by molar-refractivity contribution is -0.134. The number of methoxy groups -OCH3 is 1. The maximum atomic E-state index is 12.1. The van der Waals surface area contributed by atoms with Gasteiger partial charge in [0.05, 0.1) is 7.11 Å². The molecule has 0 atom stereocenters. The molecule has 0 saturated carbocycles. The highest BCUT2D eigenvalue weighted by molar-refractivity contribution is 6.31. The van der Waals surface area contributed by atoms with Gasteiger partial charge in [-0.3, -0.25) is 4.79 Å². The molecule has 0 N–H and O–H groups in total. The third-order valence-corrected chi connectivity index (χ3v) is 3.93. The van der Waals surface area contributed by atoms with Gasteiger partial charge in [-0.25, -0.2) is 9.79 Å². The molecule has 0 unspecified atom stereocenters. The number of esters is 2. The molecule has 27 heavy (non-hydrogen) atoms. The highest BCUT2D eigenvalue weighted by atomic mass is 35.5. The molecular weight excluding hydrogens is 370 g/mol. The number of carbonyl (C=O) groups excluding carboxylic acids is 2. The summed E-state index contributed by atoms with van der Waals surface area (Å²) in [6.07, 6.45) is 1.77. The molecule has 2 aromatic rings. The van der Waals surface area contributed by atoms with Gasteiger partial charge in [0.1, 0.15) is 0 Å². The molecule has 1 aliphatic rings. The van der Waals surface area contributed by atoms with Crippen molar-refractivity contribution in [1.82, 2.24) is 0 Å². The van der Waals surface area contributed by atoms with Crippen LogP contribution < -0.4 is 9.47 Å². The number of carbonyl (C=O) groups is 2. The molecule has 1 aliphatic heterocycles. The minimum absolute atomic E-state index is 0.128. The Morgan fingerprint density at radius 2 is 2.04 bits per heavy atom. The second-order valence-electron chi connectivity index (χ2n) is 5.58. The molecule has 0 radical (unpaired) electrons. The Kier molecular flexibility index (Phi) is 5.57. The van der Waals surface area contributed by atoms with Crippen molar-refractivity contribution >= 4 is 35.5 Å². The van der Waals surface area contributed by atoms with Crippen molar-refractivity contribution in [3.8, 4) is 11.5 Å². The predicted molar refractivity (Wildman–Crippen MR) is 101 cm³/mol. The van der Waals surface area contributed by atoms with Crippen LogP contribution in [0.3, 0.4) is 0 Å². The predicted octanol–water partition coefficient (Wildman–Crippen LogP) is 4.01. The Morgan fingerprint density at radius 1 is 1.22 bits per heavy atom. The summed E-state index contributed by atoms with van der Waals surface area (Å²) in [5, 5.41) is 0.515. The van der Waals surface area contributed by atoms with E-state index in [2.05, 4.69) is 4.99 Å². The maximum absolute atomic E-state index is 12.1. The summed E-state index contributed by atoms with van der Waals surface area (Å²) in [4.78, 5) is 27.9. The molecule has 0 aliphatic carbocycles. The van der Waals surface area contributed by atoms with E-state index in [-0.39, 0.29) is 29.7 Å². The number of aliphatic imine (C=N–C) groups is 1. The molecule has 0 bridgehead atoms. The zero-order chi connectivity index (χ0) is 19.4. The fraction of sp³-hybridized carbons (Fsp3) is 0.150. The normalized spacial score (nSPS) is 14.7. The van der Waals surface area contributed by atoms with Gasteiger partial charge in [0, 0.05) is 17.0 Å². The van der Waals surface area contributed by atoms with Crippen LogP contribution in [0.2, 0.25) is 5.02 Å². The van der Waals surface area contributed by atoms with Crippen molar-refractivity contribution in [2.75, 3.05) is 7.11 Å². The van der Waals surface area contributed by atoms with Crippen molar-refractivity contribution in [1.29, 1.82) is 0 Å². The van der Waals surface area contributed by atoms with Crippen LogP contribution in [0.25, 0.3) is 6.08 Å². The Labute approximate surface area is 161 Å². The van der Waals surface area contributed by atoms with Gasteiger partial charge in [0.25, 0.3) is 0 Å². The molecular formula is C20H16ClNO5. The molecule has 0 spiro atoms. The van der Waals surface area contributed by atoms with Crippen molar-refractivity contribution in [2.45, 2.75) is 13.3 Å². The zero-order valence-electron chi connectivity index (χ0n) is 14.7. The highest BCUT2D eigenvalue weighted by Gasteiger charge is 2.24. The van der Waals surface area contributed by atoms with Gasteiger partial charge in [-0.2, -0.15) is 0 Å². The molecule has 0 amide bonds. The van der Waals surface area contributed by atoms with E-state index in [9.17, 15) is 9.59 Å². The summed E-state index contributed by atoms with van der Waals surface area (Å²) in [7, 11) is 1.48. The lowest BCUT2D eigenvalue weighted by Gasteiger charge is -2.09. The van der Waals surface area contributed by atoms with Gasteiger partial charge >= 0.3 is 11.9 Å². The van der Waals surface area contributed by atoms with E-state index in [1.165, 1.54) is 7.11 Å². The van der Waals surface area contributed by atoms with E-state index in [1.54, 1.807) is 55.5 Å². The number of halogens is 1. The molecule has 6 nitrogen and oxygen atoms in total. The fourth-order valence-corrected chi connectivity index (χ4v) is 2.56. The van der Waals surface area contributed by atoms with E-state index in [1.807, 2.05) is 0 Å². The van der Waals surface area contributed by atoms with E-state index < -0.39 is 5.97 Å². The van der Waals surface area contributed by atoms with Crippen molar-refractivity contribution in [3.63, 3.8) is 0 Å². The van der Waals surface area contributed by atoms with Crippen LogP contribution in [0.5, 0.6) is 11.5 Å². The number of hydrogen-bond donors (Lipinski definition) is 0. The monoisotopic (exact) mass is 385 g/mol. The summed E-state index contributed by atoms with van der Waals surface area (Å²) in [5.41, 5.74) is 1.34. The van der Waals surface area contributed by atoms with Gasteiger partial charge in [-0.1, -0.05) is 30.7 Å². The standard InChI is InChI=1S/C20H16ClNO5/c1-3-18(23)26-17-10-12(7-8-16(17)25-2)9-15-20(24)27-19(22-15)13-5-4-6-14(21)11-13/h4-11H,3H2,1-2H3/b15-9+. The molecule has 0 saturated heterocycles. The van der Waals surface area contributed by atoms with Gasteiger partial charge in [0.2, 0.25) is 5.90 Å². The minimum Gasteiger partial charge on any atom is -0.493 e. The first-order chi connectivity index (χ1) is 13.0. The SMILES string of the molecule is CCC(=O)Oc1cc(/C=C2/N=C(c3cccc(Cl)c3)OC2=O)ccc1OC. The van der Waals surface area contributed by atoms with Crippen LogP contribution in [0.1, 0.15) is 24.5 Å². The molecule has 7 heteroatoms. The fourth-order valence-electron chi connectivity index (χ4n) is 2.37. The van der Waals surface area contributed by atoms with E-state index in [0.29, 0.717) is 21.9 Å². The van der Waals surface area contributed by atoms with E-state index in [0.717, 1.165) is 0 Å². The number of rotatable bonds is 5. The minimum atomic E-state index is -0.576. The number of nitrogens with zero attached hydrogens (tertiary/aromatic N) is 1. The van der Waals surface area contributed by atoms with Gasteiger partial charge in [-0.05, 0) is 42.0 Å². The Balaban J connectivity index is 1.92. The molecule has 2 aromatic carbocycles. The number of cyclic esters (lactones) is 1. The maximum Gasteiger partial charge on any atom is 0.363 e. The summed E-state index contributed by atoms with van der Waals surface area (Å²) >= 11 is 5.96. The average Bonchev–Trinajstić information content (AvgIpc) is 3.02. The smallest absolute Gasteiger partial charge is 0.363 e. The number of ether oxygens (including phenoxy) is 3. The Hall–Kier alpha value is -3.12. The van der Waals surface area contributed by atoms with Gasteiger partial charge in [0.15, 0.2) is 17.2 Å². The Bertz CT molecular complexity index is 965. The third kappa shape index (κ3) is 4.35. The number of benzene rings is 2. The van der Waals surface area contributed by atoms with Crippen molar-refractivity contribution < 1.29 is 23.8 Å². The van der Waals surface area contributed by atoms with E-state index >= 15 is 0 Å². The second-order valence-corrected chi connectivity index (χ2v) is 6.02. The summed E-state index contributed by atoms with van der Waals surface area (Å²) in [5.74, 6) is -0.104. The van der Waals surface area contributed by atoms with Crippen LogP contribution in [-0.4, -0.2) is 24.9 Å². The third-order valence-electron chi connectivity index (χ3n) is 3.70. The molecule has 3 rings (SSSR count). The van der Waals surface area contributed by atoms with Gasteiger partial charge in [-0.15, -0.1) is 0 Å².